The lowest BCUT2D eigenvalue weighted by Gasteiger charge is -2.57. The zero-order valence-electron chi connectivity index (χ0n) is 18.6. The van der Waals surface area contributed by atoms with E-state index in [-0.39, 0.29) is 17.8 Å². The van der Waals surface area contributed by atoms with Crippen molar-refractivity contribution in [3.8, 4) is 0 Å². The van der Waals surface area contributed by atoms with Gasteiger partial charge in [0.2, 0.25) is 0 Å². The quantitative estimate of drug-likeness (QED) is 0.202. The number of carbonyl (C=O) groups is 2. The Hall–Kier alpha value is -1.69. The maximum absolute atomic E-state index is 13.2. The van der Waals surface area contributed by atoms with E-state index >= 15 is 0 Å². The Balaban J connectivity index is 1.82. The van der Waals surface area contributed by atoms with Gasteiger partial charge >= 0.3 is 5.97 Å². The van der Waals surface area contributed by atoms with Gasteiger partial charge in [0.25, 0.3) is 0 Å². The van der Waals surface area contributed by atoms with Crippen molar-refractivity contribution < 1.29 is 24.3 Å². The summed E-state index contributed by atoms with van der Waals surface area (Å²) in [6, 6.07) is 0. The number of hydrogen-bond acceptors (Lipinski definition) is 5. The molecule has 4 aliphatic rings. The van der Waals surface area contributed by atoms with Crippen LogP contribution < -0.4 is 0 Å². The summed E-state index contributed by atoms with van der Waals surface area (Å²) in [7, 11) is 0. The first kappa shape index (κ1) is 21.5. The number of aldehydes is 1. The van der Waals surface area contributed by atoms with Crippen molar-refractivity contribution in [2.75, 3.05) is 19.8 Å². The van der Waals surface area contributed by atoms with Crippen molar-refractivity contribution in [3.05, 3.63) is 11.6 Å². The van der Waals surface area contributed by atoms with Crippen molar-refractivity contribution >= 4 is 18.5 Å². The average molecular weight is 418 g/mol. The zero-order chi connectivity index (χ0) is 21.7. The second kappa shape index (κ2) is 7.47. The molecule has 6 nitrogen and oxygen atoms in total. The van der Waals surface area contributed by atoms with Gasteiger partial charge in [-0.2, -0.15) is 0 Å². The second-order valence-corrected chi connectivity index (χ2v) is 10.1. The molecule has 0 aliphatic heterocycles. The molecule has 0 heterocycles. The molecular formula is C24H35NO5. The SMILES string of the molecule is CCOCCO/N=C/[C@@]12C[C@@H]3[C@H](C)CC[C@H]3[C@@]3(C=O)C[C@@H]1C=C(C(C)C)[C@]32C(=O)O. The maximum Gasteiger partial charge on any atom is 0.315 e. The number of aliphatic carboxylic acids is 1. The molecule has 0 aromatic rings. The molecule has 0 unspecified atom stereocenters. The standard InChI is InChI=1S/C24H35NO5/c1-5-29-8-9-30-25-13-22-12-18-16(4)6-7-19(18)23(14-26)11-17(22)10-20(15(2)3)24(22,23)21(27)28/h10,13-19H,5-9,11-12H2,1-4H3,(H,27,28)/b25-13+/t16-,17+,18-,19-,22+,23+,24-/m1/s1. The molecule has 0 aromatic heterocycles. The summed E-state index contributed by atoms with van der Waals surface area (Å²) in [6.45, 7) is 9.66. The summed E-state index contributed by atoms with van der Waals surface area (Å²) in [6.07, 6.45) is 8.34. The molecule has 166 valence electrons. The summed E-state index contributed by atoms with van der Waals surface area (Å²) >= 11 is 0. The summed E-state index contributed by atoms with van der Waals surface area (Å²) < 4.78 is 5.30. The molecule has 4 bridgehead atoms. The van der Waals surface area contributed by atoms with Gasteiger partial charge in [-0.1, -0.05) is 44.0 Å². The molecule has 0 saturated heterocycles. The summed E-state index contributed by atoms with van der Waals surface area (Å²) in [4.78, 5) is 31.5. The molecule has 4 aliphatic carbocycles. The van der Waals surface area contributed by atoms with Gasteiger partial charge in [0.05, 0.1) is 18.2 Å². The monoisotopic (exact) mass is 417 g/mol. The minimum atomic E-state index is -1.22. The topological polar surface area (TPSA) is 85.2 Å². The minimum absolute atomic E-state index is 0.00763. The fourth-order valence-corrected chi connectivity index (χ4v) is 7.91. The molecule has 3 fully saturated rings. The van der Waals surface area contributed by atoms with Crippen LogP contribution in [0.5, 0.6) is 0 Å². The number of nitrogens with zero attached hydrogens (tertiary/aromatic N) is 1. The molecule has 1 N–H and O–H groups in total. The van der Waals surface area contributed by atoms with E-state index in [0.717, 1.165) is 31.1 Å². The Kier molecular flexibility index (Phi) is 5.36. The minimum Gasteiger partial charge on any atom is -0.481 e. The number of hydrogen-bond donors (Lipinski definition) is 1. The maximum atomic E-state index is 13.2. The zero-order valence-corrected chi connectivity index (χ0v) is 18.6. The third kappa shape index (κ3) is 2.43. The van der Waals surface area contributed by atoms with E-state index < -0.39 is 22.2 Å². The van der Waals surface area contributed by atoms with Gasteiger partial charge in [0, 0.05) is 12.0 Å². The Morgan fingerprint density at radius 2 is 2.07 bits per heavy atom. The van der Waals surface area contributed by atoms with Crippen LogP contribution >= 0.6 is 0 Å². The van der Waals surface area contributed by atoms with Crippen molar-refractivity contribution in [2.24, 2.45) is 51.0 Å². The third-order valence-corrected chi connectivity index (χ3v) is 8.88. The Bertz CT molecular complexity index is 776. The lowest BCUT2D eigenvalue weighted by atomic mass is 9.43. The van der Waals surface area contributed by atoms with Crippen LogP contribution in [0.2, 0.25) is 0 Å². The normalized spacial score (nSPS) is 43.8. The van der Waals surface area contributed by atoms with Crippen LogP contribution in [0.1, 0.15) is 53.4 Å². The summed E-state index contributed by atoms with van der Waals surface area (Å²) in [5.41, 5.74) is -1.87. The van der Waals surface area contributed by atoms with Crippen LogP contribution in [0.3, 0.4) is 0 Å². The van der Waals surface area contributed by atoms with Crippen LogP contribution in [-0.4, -0.2) is 43.4 Å². The Morgan fingerprint density at radius 1 is 1.30 bits per heavy atom. The highest BCUT2D eigenvalue weighted by Gasteiger charge is 2.84. The van der Waals surface area contributed by atoms with Gasteiger partial charge in [0.1, 0.15) is 18.3 Å². The van der Waals surface area contributed by atoms with Gasteiger partial charge < -0.3 is 19.5 Å². The summed E-state index contributed by atoms with van der Waals surface area (Å²) in [5.74, 6) is 0.179. The molecule has 7 atom stereocenters. The molecule has 4 rings (SSSR count). The van der Waals surface area contributed by atoms with E-state index in [4.69, 9.17) is 9.57 Å². The van der Waals surface area contributed by atoms with E-state index in [1.54, 1.807) is 6.21 Å². The van der Waals surface area contributed by atoms with Gasteiger partial charge in [-0.15, -0.1) is 0 Å². The molecule has 0 radical (unpaired) electrons. The van der Waals surface area contributed by atoms with E-state index in [2.05, 4.69) is 18.2 Å². The highest BCUT2D eigenvalue weighted by Crippen LogP contribution is 2.82. The fourth-order valence-electron chi connectivity index (χ4n) is 7.91. The molecule has 0 aromatic carbocycles. The van der Waals surface area contributed by atoms with Gasteiger partial charge in [-0.05, 0) is 55.8 Å². The molecular weight excluding hydrogens is 382 g/mol. The van der Waals surface area contributed by atoms with Crippen molar-refractivity contribution in [2.45, 2.75) is 53.4 Å². The van der Waals surface area contributed by atoms with Gasteiger partial charge in [-0.25, -0.2) is 0 Å². The first-order chi connectivity index (χ1) is 14.3. The number of rotatable bonds is 9. The predicted octanol–water partition coefficient (Wildman–Crippen LogP) is 3.95. The van der Waals surface area contributed by atoms with Crippen LogP contribution in [0, 0.1) is 45.8 Å². The molecule has 0 spiro atoms. The molecule has 0 amide bonds. The van der Waals surface area contributed by atoms with Crippen molar-refractivity contribution in [1.29, 1.82) is 0 Å². The van der Waals surface area contributed by atoms with E-state index in [1.165, 1.54) is 0 Å². The number of oxime groups is 1. The summed E-state index contributed by atoms with van der Waals surface area (Å²) in [5, 5.41) is 15.1. The number of ether oxygens (including phenoxy) is 1. The number of carboxylic acids is 1. The number of carbonyl (C=O) groups excluding carboxylic acids is 1. The fraction of sp³-hybridized carbons (Fsp3) is 0.792. The van der Waals surface area contributed by atoms with Crippen LogP contribution in [0.15, 0.2) is 16.8 Å². The van der Waals surface area contributed by atoms with Crippen LogP contribution in [0.25, 0.3) is 0 Å². The smallest absolute Gasteiger partial charge is 0.315 e. The van der Waals surface area contributed by atoms with E-state index in [9.17, 15) is 14.7 Å². The largest absolute Gasteiger partial charge is 0.481 e. The van der Waals surface area contributed by atoms with E-state index in [0.29, 0.717) is 38.1 Å². The van der Waals surface area contributed by atoms with Crippen LogP contribution in [0.4, 0.5) is 0 Å². The van der Waals surface area contributed by atoms with Gasteiger partial charge in [-0.3, -0.25) is 4.79 Å². The number of carboxylic acid groups (broad SMARTS) is 1. The molecule has 3 saturated carbocycles. The second-order valence-electron chi connectivity index (χ2n) is 10.1. The van der Waals surface area contributed by atoms with Crippen molar-refractivity contribution in [3.63, 3.8) is 0 Å². The molecule has 6 heteroatoms. The van der Waals surface area contributed by atoms with E-state index in [1.807, 2.05) is 20.8 Å². The van der Waals surface area contributed by atoms with Gasteiger partial charge in [0.15, 0.2) is 0 Å². The highest BCUT2D eigenvalue weighted by molar-refractivity contribution is 5.96. The highest BCUT2D eigenvalue weighted by atomic mass is 16.6. The average Bonchev–Trinajstić information content (AvgIpc) is 3.27. The number of allylic oxidation sites excluding steroid dienone is 1. The Labute approximate surface area is 179 Å². The lowest BCUT2D eigenvalue weighted by Crippen LogP contribution is -2.63. The van der Waals surface area contributed by atoms with Crippen molar-refractivity contribution in [1.82, 2.24) is 0 Å². The Morgan fingerprint density at radius 3 is 2.70 bits per heavy atom. The predicted molar refractivity (Wildman–Crippen MR) is 113 cm³/mol. The first-order valence-electron chi connectivity index (χ1n) is 11.5. The number of fused-ring (bicyclic) bond motifs is 2. The first-order valence-corrected chi connectivity index (χ1v) is 11.5. The molecule has 30 heavy (non-hydrogen) atoms. The third-order valence-electron chi connectivity index (χ3n) is 8.88. The van der Waals surface area contributed by atoms with Crippen LogP contribution in [-0.2, 0) is 19.2 Å². The lowest BCUT2D eigenvalue weighted by molar-refractivity contribution is -0.173.